The summed E-state index contributed by atoms with van der Waals surface area (Å²) in [6, 6.07) is 9.74. The first-order valence-electron chi connectivity index (χ1n) is 7.00. The average molecular weight is 286 g/mol. The normalized spacial score (nSPS) is 12.0. The number of hydrogen-bond donors (Lipinski definition) is 1. The van der Waals surface area contributed by atoms with E-state index in [-0.39, 0.29) is 6.04 Å². The van der Waals surface area contributed by atoms with Crippen LogP contribution in [0.1, 0.15) is 35.5 Å². The van der Waals surface area contributed by atoms with Crippen molar-refractivity contribution in [1.82, 2.24) is 4.98 Å². The summed E-state index contributed by atoms with van der Waals surface area (Å²) in [4.78, 5) is 4.45. The van der Waals surface area contributed by atoms with Gasteiger partial charge in [-0.1, -0.05) is 17.7 Å². The molecule has 1 atom stereocenters. The van der Waals surface area contributed by atoms with Crippen LogP contribution in [-0.2, 0) is 6.61 Å². The third kappa shape index (κ3) is 3.95. The summed E-state index contributed by atoms with van der Waals surface area (Å²) in [5.41, 5.74) is 9.93. The fourth-order valence-corrected chi connectivity index (χ4v) is 2.20. The number of hydrogen-bond acceptors (Lipinski definition) is 4. The van der Waals surface area contributed by atoms with Crippen LogP contribution in [0.3, 0.4) is 0 Å². The third-order valence-corrected chi connectivity index (χ3v) is 3.25. The van der Waals surface area contributed by atoms with Gasteiger partial charge >= 0.3 is 0 Å². The second-order valence-electron chi connectivity index (χ2n) is 5.26. The van der Waals surface area contributed by atoms with Crippen LogP contribution in [0.25, 0.3) is 0 Å². The number of aromatic nitrogens is 1. The molecule has 0 radical (unpaired) electrons. The maximum atomic E-state index is 6.01. The second-order valence-corrected chi connectivity index (χ2v) is 5.26. The van der Waals surface area contributed by atoms with E-state index in [1.807, 2.05) is 45.0 Å². The number of aryl methyl sites for hydroxylation is 2. The van der Waals surface area contributed by atoms with Crippen LogP contribution in [0.2, 0.25) is 0 Å². The van der Waals surface area contributed by atoms with Crippen molar-refractivity contribution in [3.8, 4) is 11.5 Å². The maximum absolute atomic E-state index is 6.01. The van der Waals surface area contributed by atoms with Crippen molar-refractivity contribution in [3.05, 3.63) is 52.8 Å². The van der Waals surface area contributed by atoms with Gasteiger partial charge in [-0.2, -0.15) is 0 Å². The highest BCUT2D eigenvalue weighted by molar-refractivity contribution is 5.39. The summed E-state index contributed by atoms with van der Waals surface area (Å²) in [6.45, 7) is 6.32. The molecule has 4 heteroatoms. The highest BCUT2D eigenvalue weighted by Gasteiger charge is 2.09. The van der Waals surface area contributed by atoms with E-state index < -0.39 is 0 Å². The smallest absolute Gasteiger partial charge is 0.130 e. The first-order chi connectivity index (χ1) is 9.99. The Labute approximate surface area is 125 Å². The highest BCUT2D eigenvalue weighted by atomic mass is 16.5. The summed E-state index contributed by atoms with van der Waals surface area (Å²) >= 11 is 0. The van der Waals surface area contributed by atoms with E-state index in [9.17, 15) is 0 Å². The Morgan fingerprint density at radius 3 is 2.62 bits per heavy atom. The predicted molar refractivity (Wildman–Crippen MR) is 83.6 cm³/mol. The molecule has 0 saturated carbocycles. The van der Waals surface area contributed by atoms with Gasteiger partial charge in [-0.15, -0.1) is 0 Å². The molecule has 0 aliphatic rings. The Kier molecular flexibility index (Phi) is 4.81. The zero-order valence-corrected chi connectivity index (χ0v) is 13.0. The van der Waals surface area contributed by atoms with Gasteiger partial charge in [0.2, 0.25) is 0 Å². The largest absolute Gasteiger partial charge is 0.497 e. The molecule has 0 bridgehead atoms. The van der Waals surface area contributed by atoms with Crippen molar-refractivity contribution in [2.45, 2.75) is 33.4 Å². The van der Waals surface area contributed by atoms with Gasteiger partial charge in [0.15, 0.2) is 0 Å². The summed E-state index contributed by atoms with van der Waals surface area (Å²) in [5.74, 6) is 1.59. The van der Waals surface area contributed by atoms with E-state index in [4.69, 9.17) is 15.2 Å². The molecule has 2 aromatic rings. The first kappa shape index (κ1) is 15.3. The van der Waals surface area contributed by atoms with Gasteiger partial charge in [0.25, 0.3) is 0 Å². The number of nitrogens with two attached hydrogens (primary N) is 1. The van der Waals surface area contributed by atoms with Gasteiger partial charge in [-0.05, 0) is 26.8 Å². The van der Waals surface area contributed by atoms with E-state index in [1.165, 1.54) is 5.56 Å². The molecule has 0 unspecified atom stereocenters. The predicted octanol–water partition coefficient (Wildman–Crippen LogP) is 3.31. The SMILES string of the molecule is COc1cc(C)nc(COc2ccc(C)cc2[C@H](C)N)c1. The quantitative estimate of drug-likeness (QED) is 0.916. The van der Waals surface area contributed by atoms with Crippen molar-refractivity contribution in [2.24, 2.45) is 5.73 Å². The molecule has 2 N–H and O–H groups in total. The lowest BCUT2D eigenvalue weighted by Crippen LogP contribution is -2.09. The third-order valence-electron chi connectivity index (χ3n) is 3.25. The molecule has 0 aliphatic carbocycles. The van der Waals surface area contributed by atoms with Gasteiger partial charge in [0.05, 0.1) is 12.8 Å². The van der Waals surface area contributed by atoms with Gasteiger partial charge in [-0.25, -0.2) is 0 Å². The molecule has 0 saturated heterocycles. The lowest BCUT2D eigenvalue weighted by molar-refractivity contribution is 0.295. The lowest BCUT2D eigenvalue weighted by atomic mass is 10.1. The summed E-state index contributed by atoms with van der Waals surface area (Å²) < 4.78 is 11.1. The number of pyridine rings is 1. The van der Waals surface area contributed by atoms with Crippen LogP contribution >= 0.6 is 0 Å². The molecule has 21 heavy (non-hydrogen) atoms. The minimum atomic E-state index is -0.0695. The van der Waals surface area contributed by atoms with Crippen molar-refractivity contribution in [2.75, 3.05) is 7.11 Å². The van der Waals surface area contributed by atoms with Crippen molar-refractivity contribution in [1.29, 1.82) is 0 Å². The highest BCUT2D eigenvalue weighted by Crippen LogP contribution is 2.26. The van der Waals surface area contributed by atoms with Crippen LogP contribution < -0.4 is 15.2 Å². The molecule has 0 spiro atoms. The van der Waals surface area contributed by atoms with Crippen LogP contribution in [-0.4, -0.2) is 12.1 Å². The lowest BCUT2D eigenvalue weighted by Gasteiger charge is -2.15. The Balaban J connectivity index is 2.18. The molecule has 0 amide bonds. The minimum absolute atomic E-state index is 0.0695. The van der Waals surface area contributed by atoms with Crippen molar-refractivity contribution in [3.63, 3.8) is 0 Å². The maximum Gasteiger partial charge on any atom is 0.130 e. The monoisotopic (exact) mass is 286 g/mol. The van der Waals surface area contributed by atoms with Crippen molar-refractivity contribution < 1.29 is 9.47 Å². The zero-order chi connectivity index (χ0) is 15.4. The molecule has 2 rings (SSSR count). The molecule has 4 nitrogen and oxygen atoms in total. The van der Waals surface area contributed by atoms with Crippen LogP contribution in [0.5, 0.6) is 11.5 Å². The number of benzene rings is 1. The number of ether oxygens (including phenoxy) is 2. The first-order valence-corrected chi connectivity index (χ1v) is 7.00. The molecular formula is C17H22N2O2. The summed E-state index contributed by atoms with van der Waals surface area (Å²) in [5, 5.41) is 0. The molecule has 1 heterocycles. The fraction of sp³-hybridized carbons (Fsp3) is 0.353. The second kappa shape index (κ2) is 6.59. The summed E-state index contributed by atoms with van der Waals surface area (Å²) in [7, 11) is 1.65. The van der Waals surface area contributed by atoms with Gasteiger partial charge in [0.1, 0.15) is 18.1 Å². The van der Waals surface area contributed by atoms with Gasteiger partial charge in [-0.3, -0.25) is 4.98 Å². The molecule has 112 valence electrons. The van der Waals surface area contributed by atoms with Crippen LogP contribution in [0, 0.1) is 13.8 Å². The van der Waals surface area contributed by atoms with E-state index in [0.717, 1.165) is 28.5 Å². The van der Waals surface area contributed by atoms with Gasteiger partial charge in [0, 0.05) is 29.4 Å². The molecular weight excluding hydrogens is 264 g/mol. The number of methoxy groups -OCH3 is 1. The number of nitrogens with zero attached hydrogens (tertiary/aromatic N) is 1. The standard InChI is InChI=1S/C17H22N2O2/c1-11-5-6-17(16(7-11)13(3)18)21-10-14-9-15(20-4)8-12(2)19-14/h5-9,13H,10,18H2,1-4H3/t13-/m0/s1. The minimum Gasteiger partial charge on any atom is -0.497 e. The Morgan fingerprint density at radius 1 is 1.19 bits per heavy atom. The Hall–Kier alpha value is -2.07. The Bertz CT molecular complexity index is 624. The van der Waals surface area contributed by atoms with Gasteiger partial charge < -0.3 is 15.2 Å². The van der Waals surface area contributed by atoms with Crippen LogP contribution in [0.15, 0.2) is 30.3 Å². The Morgan fingerprint density at radius 2 is 1.95 bits per heavy atom. The van der Waals surface area contributed by atoms with E-state index >= 15 is 0 Å². The van der Waals surface area contributed by atoms with E-state index in [2.05, 4.69) is 11.1 Å². The average Bonchev–Trinajstić information content (AvgIpc) is 2.45. The topological polar surface area (TPSA) is 57.4 Å². The molecule has 0 aliphatic heterocycles. The molecule has 1 aromatic heterocycles. The molecule has 1 aromatic carbocycles. The zero-order valence-electron chi connectivity index (χ0n) is 13.0. The van der Waals surface area contributed by atoms with E-state index in [0.29, 0.717) is 6.61 Å². The van der Waals surface area contributed by atoms with E-state index in [1.54, 1.807) is 7.11 Å². The molecule has 0 fully saturated rings. The van der Waals surface area contributed by atoms with Crippen LogP contribution in [0.4, 0.5) is 0 Å². The number of rotatable bonds is 5. The fourth-order valence-electron chi connectivity index (χ4n) is 2.20. The van der Waals surface area contributed by atoms with Crippen molar-refractivity contribution >= 4 is 0 Å². The summed E-state index contributed by atoms with van der Waals surface area (Å²) in [6.07, 6.45) is 0.